The number of aryl methyl sites for hydroxylation is 1. The van der Waals surface area contributed by atoms with E-state index in [0.717, 1.165) is 30.9 Å². The molecule has 102 valence electrons. The van der Waals surface area contributed by atoms with Gasteiger partial charge in [0.1, 0.15) is 5.82 Å². The standard InChI is InChI=1S/C13H24N4O/c1-6-10-9-11(14)13(18-5)15-12(10)17(4)8-7-16(2)3/h9H,6-8,14H2,1-5H3. The Balaban J connectivity index is 2.97. The van der Waals surface area contributed by atoms with E-state index >= 15 is 0 Å². The topological polar surface area (TPSA) is 54.6 Å². The summed E-state index contributed by atoms with van der Waals surface area (Å²) in [6.07, 6.45) is 0.906. The molecule has 5 nitrogen and oxygen atoms in total. The van der Waals surface area contributed by atoms with Gasteiger partial charge in [0.05, 0.1) is 12.8 Å². The molecule has 0 bridgehead atoms. The fourth-order valence-electron chi connectivity index (χ4n) is 1.76. The van der Waals surface area contributed by atoms with Gasteiger partial charge in [-0.25, -0.2) is 0 Å². The normalized spacial score (nSPS) is 10.8. The van der Waals surface area contributed by atoms with Crippen molar-refractivity contribution in [1.82, 2.24) is 9.88 Å². The Morgan fingerprint density at radius 3 is 2.44 bits per heavy atom. The Bertz CT molecular complexity index is 393. The maximum absolute atomic E-state index is 5.88. The molecule has 0 aliphatic heterocycles. The minimum atomic E-state index is 0.499. The molecule has 0 aliphatic carbocycles. The highest BCUT2D eigenvalue weighted by Gasteiger charge is 2.13. The van der Waals surface area contributed by atoms with E-state index in [9.17, 15) is 0 Å². The van der Waals surface area contributed by atoms with Crippen LogP contribution in [0.3, 0.4) is 0 Å². The zero-order chi connectivity index (χ0) is 13.7. The molecule has 5 heteroatoms. The number of aromatic nitrogens is 1. The summed E-state index contributed by atoms with van der Waals surface area (Å²) >= 11 is 0. The number of ether oxygens (including phenoxy) is 1. The number of pyridine rings is 1. The number of hydrogen-bond donors (Lipinski definition) is 1. The SMILES string of the molecule is CCc1cc(N)c(OC)nc1N(C)CCN(C)C. The number of nitrogens with zero attached hydrogens (tertiary/aromatic N) is 3. The van der Waals surface area contributed by atoms with Gasteiger partial charge in [-0.15, -0.1) is 0 Å². The van der Waals surface area contributed by atoms with Gasteiger partial charge < -0.3 is 20.3 Å². The quantitative estimate of drug-likeness (QED) is 0.825. The maximum Gasteiger partial charge on any atom is 0.238 e. The molecule has 1 aromatic heterocycles. The number of rotatable bonds is 6. The minimum Gasteiger partial charge on any atom is -0.479 e. The summed E-state index contributed by atoms with van der Waals surface area (Å²) in [5.41, 5.74) is 7.63. The van der Waals surface area contributed by atoms with E-state index in [1.807, 2.05) is 13.1 Å². The molecule has 0 saturated carbocycles. The van der Waals surface area contributed by atoms with Crippen molar-refractivity contribution in [1.29, 1.82) is 0 Å². The van der Waals surface area contributed by atoms with Crippen LogP contribution in [-0.4, -0.2) is 51.2 Å². The molecule has 0 amide bonds. The average Bonchev–Trinajstić information content (AvgIpc) is 2.35. The van der Waals surface area contributed by atoms with Crippen LogP contribution in [0.15, 0.2) is 6.07 Å². The van der Waals surface area contributed by atoms with Crippen molar-refractivity contribution in [2.24, 2.45) is 0 Å². The van der Waals surface area contributed by atoms with Crippen molar-refractivity contribution in [3.63, 3.8) is 0 Å². The van der Waals surface area contributed by atoms with E-state index in [4.69, 9.17) is 10.5 Å². The first kappa shape index (κ1) is 14.6. The first-order valence-electron chi connectivity index (χ1n) is 6.18. The molecule has 1 heterocycles. The molecule has 0 atom stereocenters. The number of anilines is 2. The Labute approximate surface area is 110 Å². The van der Waals surface area contributed by atoms with Crippen LogP contribution in [0.4, 0.5) is 11.5 Å². The minimum absolute atomic E-state index is 0.499. The van der Waals surface area contributed by atoms with E-state index in [1.165, 1.54) is 0 Å². The van der Waals surface area contributed by atoms with Gasteiger partial charge in [0.15, 0.2) is 0 Å². The molecule has 0 fully saturated rings. The Morgan fingerprint density at radius 2 is 1.94 bits per heavy atom. The molecular formula is C13H24N4O. The summed E-state index contributed by atoms with van der Waals surface area (Å²) in [6, 6.07) is 1.95. The zero-order valence-corrected chi connectivity index (χ0v) is 12.0. The van der Waals surface area contributed by atoms with Gasteiger partial charge in [-0.05, 0) is 32.1 Å². The number of nitrogen functional groups attached to an aromatic ring is 1. The monoisotopic (exact) mass is 252 g/mol. The molecule has 1 aromatic rings. The van der Waals surface area contributed by atoms with Gasteiger partial charge in [-0.2, -0.15) is 4.98 Å². The van der Waals surface area contributed by atoms with Crippen LogP contribution in [0.5, 0.6) is 5.88 Å². The van der Waals surface area contributed by atoms with Gasteiger partial charge in [0, 0.05) is 20.1 Å². The fourth-order valence-corrected chi connectivity index (χ4v) is 1.76. The van der Waals surface area contributed by atoms with Crippen LogP contribution in [-0.2, 0) is 6.42 Å². The zero-order valence-electron chi connectivity index (χ0n) is 12.0. The first-order valence-corrected chi connectivity index (χ1v) is 6.18. The lowest BCUT2D eigenvalue weighted by Gasteiger charge is -2.23. The van der Waals surface area contributed by atoms with Crippen molar-refractivity contribution >= 4 is 11.5 Å². The van der Waals surface area contributed by atoms with E-state index < -0.39 is 0 Å². The molecule has 1 rings (SSSR count). The second kappa shape index (κ2) is 6.44. The summed E-state index contributed by atoms with van der Waals surface area (Å²) in [4.78, 5) is 8.79. The Morgan fingerprint density at radius 1 is 1.28 bits per heavy atom. The highest BCUT2D eigenvalue weighted by atomic mass is 16.5. The van der Waals surface area contributed by atoms with Gasteiger partial charge >= 0.3 is 0 Å². The van der Waals surface area contributed by atoms with Crippen LogP contribution < -0.4 is 15.4 Å². The highest BCUT2D eigenvalue weighted by molar-refractivity contribution is 5.59. The van der Waals surface area contributed by atoms with Gasteiger partial charge in [-0.1, -0.05) is 6.92 Å². The maximum atomic E-state index is 5.88. The molecule has 0 spiro atoms. The molecule has 0 aliphatic rings. The van der Waals surface area contributed by atoms with Gasteiger partial charge in [0.2, 0.25) is 5.88 Å². The predicted octanol–water partition coefficient (Wildman–Crippen LogP) is 1.23. The number of methoxy groups -OCH3 is 1. The lowest BCUT2D eigenvalue weighted by molar-refractivity contribution is 0.398. The summed E-state index contributed by atoms with van der Waals surface area (Å²) in [7, 11) is 7.76. The Hall–Kier alpha value is -1.49. The number of nitrogens with two attached hydrogens (primary N) is 1. The number of likely N-dealkylation sites (N-methyl/N-ethyl adjacent to an activating group) is 2. The molecule has 0 radical (unpaired) electrons. The van der Waals surface area contributed by atoms with Crippen LogP contribution in [0.2, 0.25) is 0 Å². The molecule has 2 N–H and O–H groups in total. The largest absolute Gasteiger partial charge is 0.479 e. The van der Waals surface area contributed by atoms with Crippen molar-refractivity contribution in [2.75, 3.05) is 52.0 Å². The second-order valence-corrected chi connectivity index (χ2v) is 4.65. The molecule has 0 saturated heterocycles. The highest BCUT2D eigenvalue weighted by Crippen LogP contribution is 2.27. The van der Waals surface area contributed by atoms with Crippen LogP contribution >= 0.6 is 0 Å². The third-order valence-corrected chi connectivity index (χ3v) is 2.89. The van der Waals surface area contributed by atoms with Crippen molar-refractivity contribution in [3.05, 3.63) is 11.6 Å². The van der Waals surface area contributed by atoms with Gasteiger partial charge in [0.25, 0.3) is 0 Å². The fraction of sp³-hybridized carbons (Fsp3) is 0.615. The van der Waals surface area contributed by atoms with Gasteiger partial charge in [-0.3, -0.25) is 0 Å². The van der Waals surface area contributed by atoms with Crippen molar-refractivity contribution in [3.8, 4) is 5.88 Å². The Kier molecular flexibility index (Phi) is 5.22. The van der Waals surface area contributed by atoms with Crippen molar-refractivity contribution < 1.29 is 4.74 Å². The lowest BCUT2D eigenvalue weighted by atomic mass is 10.2. The number of hydrogen-bond acceptors (Lipinski definition) is 5. The summed E-state index contributed by atoms with van der Waals surface area (Å²) in [5, 5.41) is 0. The van der Waals surface area contributed by atoms with Crippen LogP contribution in [0.1, 0.15) is 12.5 Å². The third kappa shape index (κ3) is 3.50. The van der Waals surface area contributed by atoms with E-state index in [2.05, 4.69) is 35.8 Å². The van der Waals surface area contributed by atoms with Crippen molar-refractivity contribution in [2.45, 2.75) is 13.3 Å². The van der Waals surface area contributed by atoms with Crippen LogP contribution in [0, 0.1) is 0 Å². The lowest BCUT2D eigenvalue weighted by Crippen LogP contribution is -2.29. The molecular weight excluding hydrogens is 228 g/mol. The summed E-state index contributed by atoms with van der Waals surface area (Å²) in [6.45, 7) is 4.00. The second-order valence-electron chi connectivity index (χ2n) is 4.65. The average molecular weight is 252 g/mol. The predicted molar refractivity (Wildman–Crippen MR) is 76.4 cm³/mol. The van der Waals surface area contributed by atoms with E-state index in [0.29, 0.717) is 11.6 Å². The molecule has 0 aromatic carbocycles. The molecule has 0 unspecified atom stereocenters. The first-order chi connectivity index (χ1) is 8.49. The van der Waals surface area contributed by atoms with E-state index in [-0.39, 0.29) is 0 Å². The summed E-state index contributed by atoms with van der Waals surface area (Å²) < 4.78 is 5.19. The van der Waals surface area contributed by atoms with E-state index in [1.54, 1.807) is 7.11 Å². The third-order valence-electron chi connectivity index (χ3n) is 2.89. The molecule has 18 heavy (non-hydrogen) atoms. The van der Waals surface area contributed by atoms with Crippen LogP contribution in [0.25, 0.3) is 0 Å². The smallest absolute Gasteiger partial charge is 0.238 e. The summed E-state index contributed by atoms with van der Waals surface area (Å²) in [5.74, 6) is 1.45.